The van der Waals surface area contributed by atoms with Crippen LogP contribution in [0.1, 0.15) is 19.8 Å². The van der Waals surface area contributed by atoms with Crippen molar-refractivity contribution < 1.29 is 4.79 Å². The van der Waals surface area contributed by atoms with Crippen molar-refractivity contribution in [2.24, 2.45) is 0 Å². The van der Waals surface area contributed by atoms with Gasteiger partial charge in [-0.15, -0.1) is 0 Å². The van der Waals surface area contributed by atoms with Gasteiger partial charge in [0.1, 0.15) is 0 Å². The van der Waals surface area contributed by atoms with Crippen LogP contribution in [-0.4, -0.2) is 61.5 Å². The quantitative estimate of drug-likeness (QED) is 0.664. The maximum absolute atomic E-state index is 11.8. The molecular formula is C12H22N4O. The van der Waals surface area contributed by atoms with E-state index in [1.807, 2.05) is 11.8 Å². The van der Waals surface area contributed by atoms with E-state index in [9.17, 15) is 4.79 Å². The zero-order valence-electron chi connectivity index (χ0n) is 10.6. The lowest BCUT2D eigenvalue weighted by Gasteiger charge is -2.34. The van der Waals surface area contributed by atoms with E-state index in [2.05, 4.69) is 16.3 Å². The van der Waals surface area contributed by atoms with Gasteiger partial charge in [-0.05, 0) is 6.54 Å². The molecule has 5 nitrogen and oxygen atoms in total. The maximum Gasteiger partial charge on any atom is 0.223 e. The van der Waals surface area contributed by atoms with Gasteiger partial charge in [-0.3, -0.25) is 9.69 Å². The van der Waals surface area contributed by atoms with Crippen molar-refractivity contribution in [2.75, 3.05) is 45.8 Å². The zero-order valence-corrected chi connectivity index (χ0v) is 10.6. The van der Waals surface area contributed by atoms with Crippen molar-refractivity contribution in [3.8, 4) is 6.07 Å². The van der Waals surface area contributed by atoms with Gasteiger partial charge in [0, 0.05) is 52.1 Å². The van der Waals surface area contributed by atoms with Crippen LogP contribution in [0.4, 0.5) is 0 Å². The van der Waals surface area contributed by atoms with Crippen molar-refractivity contribution in [3.63, 3.8) is 0 Å². The summed E-state index contributed by atoms with van der Waals surface area (Å²) in [5, 5.41) is 11.7. The standard InChI is InChI=1S/C12H22N4O/c1-2-14-6-4-12(17)16-10-8-15(9-11-16)7-3-5-13/h14H,2-4,6-11H2,1H3. The molecular weight excluding hydrogens is 216 g/mol. The highest BCUT2D eigenvalue weighted by atomic mass is 16.2. The summed E-state index contributed by atoms with van der Waals surface area (Å²) in [5.74, 6) is 0.242. The van der Waals surface area contributed by atoms with Crippen molar-refractivity contribution >= 4 is 5.91 Å². The minimum absolute atomic E-state index is 0.242. The molecule has 0 saturated carbocycles. The maximum atomic E-state index is 11.8. The number of hydrogen-bond donors (Lipinski definition) is 1. The number of carbonyl (C=O) groups excluding carboxylic acids is 1. The number of nitrogens with one attached hydrogen (secondary N) is 1. The Balaban J connectivity index is 2.17. The Morgan fingerprint density at radius 3 is 2.65 bits per heavy atom. The predicted octanol–water partition coefficient (Wildman–Crippen LogP) is 0.0439. The highest BCUT2D eigenvalue weighted by molar-refractivity contribution is 5.76. The van der Waals surface area contributed by atoms with E-state index in [0.717, 1.165) is 45.8 Å². The van der Waals surface area contributed by atoms with Crippen molar-refractivity contribution in [3.05, 3.63) is 0 Å². The highest BCUT2D eigenvalue weighted by Gasteiger charge is 2.19. The smallest absolute Gasteiger partial charge is 0.223 e. The summed E-state index contributed by atoms with van der Waals surface area (Å²) >= 11 is 0. The van der Waals surface area contributed by atoms with Gasteiger partial charge in [-0.1, -0.05) is 6.92 Å². The SMILES string of the molecule is CCNCCC(=O)N1CCN(CCC#N)CC1. The first kappa shape index (κ1) is 13.9. The number of amides is 1. The lowest BCUT2D eigenvalue weighted by atomic mass is 10.2. The number of rotatable bonds is 6. The Morgan fingerprint density at radius 1 is 1.35 bits per heavy atom. The highest BCUT2D eigenvalue weighted by Crippen LogP contribution is 2.04. The van der Waals surface area contributed by atoms with Gasteiger partial charge in [0.05, 0.1) is 6.07 Å². The minimum atomic E-state index is 0.242. The van der Waals surface area contributed by atoms with Gasteiger partial charge in [0.2, 0.25) is 5.91 Å². The summed E-state index contributed by atoms with van der Waals surface area (Å²) in [6.45, 7) is 7.95. The van der Waals surface area contributed by atoms with Crippen LogP contribution in [0.3, 0.4) is 0 Å². The monoisotopic (exact) mass is 238 g/mol. The summed E-state index contributed by atoms with van der Waals surface area (Å²) in [7, 11) is 0. The van der Waals surface area contributed by atoms with Gasteiger partial charge in [-0.25, -0.2) is 0 Å². The molecule has 17 heavy (non-hydrogen) atoms. The molecule has 0 spiro atoms. The first-order valence-corrected chi connectivity index (χ1v) is 6.35. The molecule has 1 fully saturated rings. The fraction of sp³-hybridized carbons (Fsp3) is 0.833. The second-order valence-electron chi connectivity index (χ2n) is 4.23. The lowest BCUT2D eigenvalue weighted by molar-refractivity contribution is -0.132. The largest absolute Gasteiger partial charge is 0.340 e. The Kier molecular flexibility index (Phi) is 6.60. The summed E-state index contributed by atoms with van der Waals surface area (Å²) < 4.78 is 0. The first-order chi connectivity index (χ1) is 8.27. The molecule has 0 unspecified atom stereocenters. The fourth-order valence-electron chi connectivity index (χ4n) is 1.96. The van der Waals surface area contributed by atoms with Gasteiger partial charge in [0.15, 0.2) is 0 Å². The molecule has 0 aromatic carbocycles. The molecule has 1 aliphatic heterocycles. The third-order valence-electron chi connectivity index (χ3n) is 3.03. The number of hydrogen-bond acceptors (Lipinski definition) is 4. The third kappa shape index (κ3) is 5.16. The molecule has 5 heteroatoms. The number of nitriles is 1. The van der Waals surface area contributed by atoms with E-state index in [4.69, 9.17) is 5.26 Å². The van der Waals surface area contributed by atoms with Crippen LogP contribution in [0.2, 0.25) is 0 Å². The molecule has 1 heterocycles. The van der Waals surface area contributed by atoms with E-state index < -0.39 is 0 Å². The molecule has 1 saturated heterocycles. The van der Waals surface area contributed by atoms with Crippen molar-refractivity contribution in [1.29, 1.82) is 5.26 Å². The molecule has 0 atom stereocenters. The molecule has 96 valence electrons. The number of carbonyl (C=O) groups is 1. The molecule has 0 radical (unpaired) electrons. The van der Waals surface area contributed by atoms with E-state index in [1.165, 1.54) is 0 Å². The fourth-order valence-corrected chi connectivity index (χ4v) is 1.96. The normalized spacial score (nSPS) is 16.8. The van der Waals surface area contributed by atoms with Crippen molar-refractivity contribution in [2.45, 2.75) is 19.8 Å². The van der Waals surface area contributed by atoms with Crippen LogP contribution in [0.5, 0.6) is 0 Å². The van der Waals surface area contributed by atoms with Crippen LogP contribution in [0.25, 0.3) is 0 Å². The second-order valence-corrected chi connectivity index (χ2v) is 4.23. The molecule has 1 rings (SSSR count). The van der Waals surface area contributed by atoms with Crippen molar-refractivity contribution in [1.82, 2.24) is 15.1 Å². The Hall–Kier alpha value is -1.12. The Bertz CT molecular complexity index is 266. The van der Waals surface area contributed by atoms with Gasteiger partial charge < -0.3 is 10.2 Å². The van der Waals surface area contributed by atoms with Crippen LogP contribution in [0.15, 0.2) is 0 Å². The average Bonchev–Trinajstić information content (AvgIpc) is 2.37. The van der Waals surface area contributed by atoms with E-state index in [0.29, 0.717) is 12.8 Å². The zero-order chi connectivity index (χ0) is 12.5. The van der Waals surface area contributed by atoms with Crippen LogP contribution in [-0.2, 0) is 4.79 Å². The molecule has 1 aliphatic rings. The molecule has 1 N–H and O–H groups in total. The Morgan fingerprint density at radius 2 is 2.06 bits per heavy atom. The van der Waals surface area contributed by atoms with E-state index in [-0.39, 0.29) is 5.91 Å². The second kappa shape index (κ2) is 8.04. The summed E-state index contributed by atoms with van der Waals surface area (Å²) in [5.41, 5.74) is 0. The molecule has 0 aliphatic carbocycles. The lowest BCUT2D eigenvalue weighted by Crippen LogP contribution is -2.49. The van der Waals surface area contributed by atoms with Crippen LogP contribution >= 0.6 is 0 Å². The molecule has 1 amide bonds. The van der Waals surface area contributed by atoms with Gasteiger partial charge in [0.25, 0.3) is 0 Å². The summed E-state index contributed by atoms with van der Waals surface area (Å²) in [4.78, 5) is 16.0. The summed E-state index contributed by atoms with van der Waals surface area (Å²) in [6.07, 6.45) is 1.17. The molecule has 0 aromatic heterocycles. The minimum Gasteiger partial charge on any atom is -0.340 e. The number of nitrogens with zero attached hydrogens (tertiary/aromatic N) is 3. The van der Waals surface area contributed by atoms with E-state index >= 15 is 0 Å². The first-order valence-electron chi connectivity index (χ1n) is 6.35. The van der Waals surface area contributed by atoms with Crippen LogP contribution < -0.4 is 5.32 Å². The predicted molar refractivity (Wildman–Crippen MR) is 66.4 cm³/mol. The molecule has 0 aromatic rings. The topological polar surface area (TPSA) is 59.4 Å². The molecule has 0 bridgehead atoms. The number of piperazine rings is 1. The van der Waals surface area contributed by atoms with E-state index in [1.54, 1.807) is 0 Å². The Labute approximate surface area is 103 Å². The van der Waals surface area contributed by atoms with Gasteiger partial charge in [-0.2, -0.15) is 5.26 Å². The van der Waals surface area contributed by atoms with Crippen LogP contribution in [0, 0.1) is 11.3 Å². The summed E-state index contributed by atoms with van der Waals surface area (Å²) in [6, 6.07) is 2.15. The van der Waals surface area contributed by atoms with Gasteiger partial charge >= 0.3 is 0 Å². The third-order valence-corrected chi connectivity index (χ3v) is 3.03. The average molecular weight is 238 g/mol.